The number of thioether (sulfide) groups is 1. The molecule has 2 N–H and O–H groups in total. The van der Waals surface area contributed by atoms with Gasteiger partial charge in [0.15, 0.2) is 0 Å². The van der Waals surface area contributed by atoms with Gasteiger partial charge in [0.05, 0.1) is 11.1 Å². The third kappa shape index (κ3) is 3.24. The van der Waals surface area contributed by atoms with Gasteiger partial charge in [0.1, 0.15) is 6.04 Å². The van der Waals surface area contributed by atoms with Crippen molar-refractivity contribution in [2.24, 2.45) is 7.05 Å². The summed E-state index contributed by atoms with van der Waals surface area (Å²) >= 11 is 1.47. The molecule has 7 nitrogen and oxygen atoms in total. The van der Waals surface area contributed by atoms with Gasteiger partial charge >= 0.3 is 12.0 Å². The van der Waals surface area contributed by atoms with Gasteiger partial charge in [0.2, 0.25) is 0 Å². The van der Waals surface area contributed by atoms with Crippen molar-refractivity contribution in [1.82, 2.24) is 20.0 Å². The van der Waals surface area contributed by atoms with Gasteiger partial charge in [-0.2, -0.15) is 5.10 Å². The smallest absolute Gasteiger partial charge is 0.327 e. The standard InChI is InChI=1S/C12H18N4O3S/c1-8-16(10(7-20-8)11(17)18)12(19)13-5-3-9-4-6-15(2)14-9/h4,6,8,10H,3,5,7H2,1-2H3,(H,13,19)(H,17,18). The predicted molar refractivity (Wildman–Crippen MR) is 75.5 cm³/mol. The predicted octanol–water partition coefficient (Wildman–Crippen LogP) is 0.520. The van der Waals surface area contributed by atoms with Gasteiger partial charge in [-0.15, -0.1) is 11.8 Å². The van der Waals surface area contributed by atoms with Crippen molar-refractivity contribution < 1.29 is 14.7 Å². The van der Waals surface area contributed by atoms with Crippen molar-refractivity contribution in [1.29, 1.82) is 0 Å². The molecule has 0 aliphatic carbocycles. The average molecular weight is 298 g/mol. The molecule has 0 aromatic carbocycles. The zero-order valence-corrected chi connectivity index (χ0v) is 12.3. The third-order valence-corrected chi connectivity index (χ3v) is 4.39. The van der Waals surface area contributed by atoms with Crippen LogP contribution >= 0.6 is 11.8 Å². The summed E-state index contributed by atoms with van der Waals surface area (Å²) < 4.78 is 1.71. The molecule has 1 saturated heterocycles. The fraction of sp³-hybridized carbons (Fsp3) is 0.583. The molecule has 2 heterocycles. The Morgan fingerprint density at radius 2 is 2.35 bits per heavy atom. The number of nitrogens with zero attached hydrogens (tertiary/aromatic N) is 3. The summed E-state index contributed by atoms with van der Waals surface area (Å²) in [5.74, 6) is -0.522. The Bertz CT molecular complexity index is 505. The molecule has 0 spiro atoms. The molecule has 1 aliphatic heterocycles. The van der Waals surface area contributed by atoms with Crippen LogP contribution in [-0.2, 0) is 18.3 Å². The first kappa shape index (κ1) is 14.7. The first-order valence-corrected chi connectivity index (χ1v) is 7.43. The second-order valence-electron chi connectivity index (χ2n) is 4.66. The molecule has 1 aliphatic rings. The fourth-order valence-electron chi connectivity index (χ4n) is 2.13. The van der Waals surface area contributed by atoms with Crippen LogP contribution in [0.1, 0.15) is 12.6 Å². The van der Waals surface area contributed by atoms with E-state index in [1.165, 1.54) is 16.7 Å². The maximum absolute atomic E-state index is 12.1. The second-order valence-corrected chi connectivity index (χ2v) is 6.01. The Kier molecular flexibility index (Phi) is 4.53. The van der Waals surface area contributed by atoms with E-state index < -0.39 is 12.0 Å². The SMILES string of the molecule is CC1SCC(C(=O)O)N1C(=O)NCCc1ccn(C)n1. The monoisotopic (exact) mass is 298 g/mol. The Morgan fingerprint density at radius 3 is 2.95 bits per heavy atom. The summed E-state index contributed by atoms with van der Waals surface area (Å²) in [5.41, 5.74) is 0.895. The van der Waals surface area contributed by atoms with Crippen LogP contribution in [0.5, 0.6) is 0 Å². The number of carboxylic acids is 1. The molecule has 2 rings (SSSR count). The van der Waals surface area contributed by atoms with E-state index in [-0.39, 0.29) is 11.4 Å². The van der Waals surface area contributed by atoms with Crippen LogP contribution in [0.4, 0.5) is 4.79 Å². The molecule has 0 radical (unpaired) electrons. The summed E-state index contributed by atoms with van der Waals surface area (Å²) in [4.78, 5) is 24.6. The number of rotatable bonds is 4. The third-order valence-electron chi connectivity index (χ3n) is 3.17. The van der Waals surface area contributed by atoms with E-state index in [0.29, 0.717) is 18.7 Å². The lowest BCUT2D eigenvalue weighted by Crippen LogP contribution is -2.49. The minimum atomic E-state index is -0.957. The largest absolute Gasteiger partial charge is 0.480 e. The number of aliphatic carboxylic acids is 1. The maximum atomic E-state index is 12.1. The Labute approximate surface area is 121 Å². The van der Waals surface area contributed by atoms with Crippen LogP contribution in [-0.4, -0.2) is 55.5 Å². The lowest BCUT2D eigenvalue weighted by Gasteiger charge is -2.25. The fourth-order valence-corrected chi connectivity index (χ4v) is 3.29. The molecule has 8 heteroatoms. The number of aromatic nitrogens is 2. The highest BCUT2D eigenvalue weighted by Crippen LogP contribution is 2.28. The average Bonchev–Trinajstić information content (AvgIpc) is 2.95. The highest BCUT2D eigenvalue weighted by molar-refractivity contribution is 8.00. The van der Waals surface area contributed by atoms with E-state index in [1.54, 1.807) is 4.68 Å². The molecular formula is C12H18N4O3S. The van der Waals surface area contributed by atoms with Crippen LogP contribution in [0.15, 0.2) is 12.3 Å². The van der Waals surface area contributed by atoms with Crippen molar-refractivity contribution >= 4 is 23.8 Å². The minimum absolute atomic E-state index is 0.119. The number of aryl methyl sites for hydroxylation is 1. The summed E-state index contributed by atoms with van der Waals surface area (Å²) in [6.45, 7) is 2.28. The lowest BCUT2D eigenvalue weighted by molar-refractivity contribution is -0.141. The maximum Gasteiger partial charge on any atom is 0.327 e. The Hall–Kier alpha value is -1.70. The summed E-state index contributed by atoms with van der Waals surface area (Å²) in [7, 11) is 1.84. The van der Waals surface area contributed by atoms with Crippen LogP contribution in [0.3, 0.4) is 0 Å². The summed E-state index contributed by atoms with van der Waals surface area (Å²) in [6, 6.07) is 0.816. The van der Waals surface area contributed by atoms with Crippen molar-refractivity contribution in [3.63, 3.8) is 0 Å². The number of hydrogen-bond acceptors (Lipinski definition) is 4. The molecule has 2 atom stereocenters. The number of urea groups is 1. The van der Waals surface area contributed by atoms with E-state index in [0.717, 1.165) is 5.69 Å². The number of carboxylic acid groups (broad SMARTS) is 1. The second kappa shape index (κ2) is 6.17. The first-order valence-electron chi connectivity index (χ1n) is 6.38. The molecule has 1 aromatic heterocycles. The zero-order valence-electron chi connectivity index (χ0n) is 11.4. The molecule has 2 unspecified atom stereocenters. The molecule has 1 aromatic rings. The first-order chi connectivity index (χ1) is 9.49. The number of carbonyl (C=O) groups is 2. The van der Waals surface area contributed by atoms with Crippen molar-refractivity contribution in [3.05, 3.63) is 18.0 Å². The summed E-state index contributed by atoms with van der Waals surface area (Å²) in [5, 5.41) is 16.0. The quantitative estimate of drug-likeness (QED) is 0.846. The minimum Gasteiger partial charge on any atom is -0.480 e. The van der Waals surface area contributed by atoms with Crippen LogP contribution < -0.4 is 5.32 Å². The van der Waals surface area contributed by atoms with Gasteiger partial charge in [0.25, 0.3) is 0 Å². The van der Waals surface area contributed by atoms with E-state index in [9.17, 15) is 9.59 Å². The van der Waals surface area contributed by atoms with Gasteiger partial charge in [-0.3, -0.25) is 9.58 Å². The molecule has 20 heavy (non-hydrogen) atoms. The zero-order chi connectivity index (χ0) is 14.7. The Morgan fingerprint density at radius 1 is 1.60 bits per heavy atom. The topological polar surface area (TPSA) is 87.5 Å². The van der Waals surface area contributed by atoms with Crippen molar-refractivity contribution in [3.8, 4) is 0 Å². The van der Waals surface area contributed by atoms with E-state index >= 15 is 0 Å². The van der Waals surface area contributed by atoms with Crippen LogP contribution in [0, 0.1) is 0 Å². The molecule has 1 fully saturated rings. The van der Waals surface area contributed by atoms with Crippen LogP contribution in [0.2, 0.25) is 0 Å². The van der Waals surface area contributed by atoms with Gasteiger partial charge in [-0.05, 0) is 13.0 Å². The molecule has 0 bridgehead atoms. The summed E-state index contributed by atoms with van der Waals surface area (Å²) in [6.07, 6.45) is 2.47. The number of carbonyl (C=O) groups excluding carboxylic acids is 1. The molecular weight excluding hydrogens is 280 g/mol. The van der Waals surface area contributed by atoms with Crippen molar-refractivity contribution in [2.75, 3.05) is 12.3 Å². The van der Waals surface area contributed by atoms with Crippen molar-refractivity contribution in [2.45, 2.75) is 24.8 Å². The highest BCUT2D eigenvalue weighted by Gasteiger charge is 2.39. The normalized spacial score (nSPS) is 22.0. The Balaban J connectivity index is 1.86. The van der Waals surface area contributed by atoms with Crippen LogP contribution in [0.25, 0.3) is 0 Å². The van der Waals surface area contributed by atoms with Gasteiger partial charge in [-0.1, -0.05) is 0 Å². The molecule has 2 amide bonds. The van der Waals surface area contributed by atoms with Gasteiger partial charge in [-0.25, -0.2) is 9.59 Å². The van der Waals surface area contributed by atoms with Gasteiger partial charge in [0, 0.05) is 32.0 Å². The van der Waals surface area contributed by atoms with E-state index in [4.69, 9.17) is 5.11 Å². The lowest BCUT2D eigenvalue weighted by atomic mass is 10.3. The molecule has 110 valence electrons. The van der Waals surface area contributed by atoms with E-state index in [1.807, 2.05) is 26.2 Å². The number of nitrogens with one attached hydrogen (secondary N) is 1. The molecule has 0 saturated carbocycles. The number of hydrogen-bond donors (Lipinski definition) is 2. The number of amides is 2. The van der Waals surface area contributed by atoms with E-state index in [2.05, 4.69) is 10.4 Å². The highest BCUT2D eigenvalue weighted by atomic mass is 32.2. The van der Waals surface area contributed by atoms with Gasteiger partial charge < -0.3 is 10.4 Å².